The van der Waals surface area contributed by atoms with E-state index in [0.29, 0.717) is 18.2 Å². The molecule has 1 saturated heterocycles. The summed E-state index contributed by atoms with van der Waals surface area (Å²) in [6.07, 6.45) is -0.829. The molecule has 0 radical (unpaired) electrons. The molecule has 0 bridgehead atoms. The van der Waals surface area contributed by atoms with Gasteiger partial charge in [-0.3, -0.25) is 0 Å². The lowest BCUT2D eigenvalue weighted by atomic mass is 10.2. The van der Waals surface area contributed by atoms with Crippen molar-refractivity contribution in [2.75, 3.05) is 29.9 Å². The van der Waals surface area contributed by atoms with Crippen LogP contribution < -0.4 is 16.0 Å². The molecule has 0 amide bonds. The van der Waals surface area contributed by atoms with Crippen molar-refractivity contribution in [3.8, 4) is 0 Å². The minimum absolute atomic E-state index is 0.0130. The van der Waals surface area contributed by atoms with E-state index in [1.165, 1.54) is 0 Å². The first-order valence-corrected chi connectivity index (χ1v) is 8.91. The predicted octanol–water partition coefficient (Wildman–Crippen LogP) is -0.279. The van der Waals surface area contributed by atoms with E-state index in [1.54, 1.807) is 0 Å². The minimum atomic E-state index is -3.11. The zero-order chi connectivity index (χ0) is 15.3. The number of hydrogen-bond donors (Lipinski definition) is 4. The highest BCUT2D eigenvalue weighted by Crippen LogP contribution is 2.11. The molecule has 8 heteroatoms. The molecule has 2 atom stereocenters. The summed E-state index contributed by atoms with van der Waals surface area (Å²) in [6, 6.07) is 9.17. The quantitative estimate of drug-likeness (QED) is 0.436. The molecule has 6 nitrogen and oxygen atoms in total. The lowest BCUT2D eigenvalue weighted by Crippen LogP contribution is -2.43. The number of aliphatic hydroxyl groups is 1. The first-order chi connectivity index (χ1) is 9.96. The number of para-hydroxylation sites is 1. The Morgan fingerprint density at radius 1 is 1.24 bits per heavy atom. The molecular weight excluding hydrogens is 310 g/mol. The summed E-state index contributed by atoms with van der Waals surface area (Å²) in [5.74, 6) is -0.174. The number of rotatable bonds is 5. The molecule has 1 aliphatic rings. The molecule has 0 aliphatic carbocycles. The van der Waals surface area contributed by atoms with Crippen LogP contribution in [0.4, 0.5) is 5.69 Å². The van der Waals surface area contributed by atoms with Gasteiger partial charge < -0.3 is 21.1 Å². The van der Waals surface area contributed by atoms with Crippen molar-refractivity contribution >= 4 is 32.9 Å². The molecule has 1 aliphatic heterocycles. The van der Waals surface area contributed by atoms with E-state index in [9.17, 15) is 13.5 Å². The first-order valence-electron chi connectivity index (χ1n) is 6.68. The number of anilines is 1. The maximum Gasteiger partial charge on any atom is 0.170 e. The highest BCUT2D eigenvalue weighted by molar-refractivity contribution is 7.91. The van der Waals surface area contributed by atoms with Crippen LogP contribution >= 0.6 is 12.2 Å². The van der Waals surface area contributed by atoms with E-state index in [4.69, 9.17) is 12.2 Å². The fourth-order valence-corrected chi connectivity index (χ4v) is 4.15. The Morgan fingerprint density at radius 2 is 1.95 bits per heavy atom. The van der Waals surface area contributed by atoms with Crippen LogP contribution in [-0.4, -0.2) is 55.4 Å². The monoisotopic (exact) mass is 329 g/mol. The number of aliphatic hydroxyl groups excluding tert-OH is 1. The molecule has 0 spiro atoms. The average molecular weight is 329 g/mol. The Morgan fingerprint density at radius 3 is 2.57 bits per heavy atom. The van der Waals surface area contributed by atoms with Crippen LogP contribution in [0.15, 0.2) is 30.3 Å². The lowest BCUT2D eigenvalue weighted by molar-refractivity contribution is 0.166. The number of sulfone groups is 1. The van der Waals surface area contributed by atoms with Crippen molar-refractivity contribution < 1.29 is 13.5 Å². The van der Waals surface area contributed by atoms with Gasteiger partial charge >= 0.3 is 0 Å². The zero-order valence-corrected chi connectivity index (χ0v) is 13.1. The Labute approximate surface area is 129 Å². The summed E-state index contributed by atoms with van der Waals surface area (Å²) in [5.41, 5.74) is 0.903. The Kier molecular flexibility index (Phi) is 5.51. The van der Waals surface area contributed by atoms with Gasteiger partial charge in [0.1, 0.15) is 0 Å². The SMILES string of the molecule is O=S1(=O)C[C@@H](O)[C@H](NCCNC(=S)Nc2ccccc2)C1. The second kappa shape index (κ2) is 7.17. The van der Waals surface area contributed by atoms with E-state index >= 15 is 0 Å². The molecule has 1 aromatic rings. The molecule has 0 aromatic heterocycles. The zero-order valence-electron chi connectivity index (χ0n) is 11.5. The first kappa shape index (κ1) is 16.2. The summed E-state index contributed by atoms with van der Waals surface area (Å²) in [4.78, 5) is 0. The van der Waals surface area contributed by atoms with Crippen LogP contribution in [-0.2, 0) is 9.84 Å². The van der Waals surface area contributed by atoms with E-state index in [2.05, 4.69) is 16.0 Å². The standard InChI is InChI=1S/C13H19N3O3S2/c17-12-9-21(18,19)8-11(12)14-6-7-15-13(20)16-10-4-2-1-3-5-10/h1-5,11-12,14,17H,6-9H2,(H2,15,16,20)/t11-,12-/m1/s1. The highest BCUT2D eigenvalue weighted by Gasteiger charge is 2.35. The van der Waals surface area contributed by atoms with E-state index in [-0.39, 0.29) is 11.5 Å². The van der Waals surface area contributed by atoms with Gasteiger partial charge in [0.25, 0.3) is 0 Å². The Hall–Kier alpha value is -1.22. The highest BCUT2D eigenvalue weighted by atomic mass is 32.2. The van der Waals surface area contributed by atoms with Crippen molar-refractivity contribution in [3.05, 3.63) is 30.3 Å². The molecule has 4 N–H and O–H groups in total. The van der Waals surface area contributed by atoms with Crippen molar-refractivity contribution in [2.24, 2.45) is 0 Å². The second-order valence-electron chi connectivity index (χ2n) is 4.95. The van der Waals surface area contributed by atoms with E-state index in [0.717, 1.165) is 5.69 Å². The minimum Gasteiger partial charge on any atom is -0.390 e. The van der Waals surface area contributed by atoms with Crippen molar-refractivity contribution in [2.45, 2.75) is 12.1 Å². The molecule has 116 valence electrons. The number of hydrogen-bond acceptors (Lipinski definition) is 5. The van der Waals surface area contributed by atoms with Gasteiger partial charge in [0.2, 0.25) is 0 Å². The molecule has 0 saturated carbocycles. The largest absolute Gasteiger partial charge is 0.390 e. The van der Waals surface area contributed by atoms with E-state index < -0.39 is 22.0 Å². The fraction of sp³-hybridized carbons (Fsp3) is 0.462. The molecule has 0 unspecified atom stereocenters. The van der Waals surface area contributed by atoms with Gasteiger partial charge in [-0.2, -0.15) is 0 Å². The van der Waals surface area contributed by atoms with Gasteiger partial charge in [0.15, 0.2) is 14.9 Å². The van der Waals surface area contributed by atoms with Crippen molar-refractivity contribution in [1.29, 1.82) is 0 Å². The fourth-order valence-electron chi connectivity index (χ4n) is 2.15. The van der Waals surface area contributed by atoms with Gasteiger partial charge in [-0.25, -0.2) is 8.42 Å². The van der Waals surface area contributed by atoms with Crippen LogP contribution in [0.3, 0.4) is 0 Å². The molecule has 1 fully saturated rings. The maximum atomic E-state index is 11.3. The normalized spacial score (nSPS) is 23.7. The smallest absolute Gasteiger partial charge is 0.170 e. The van der Waals surface area contributed by atoms with Crippen LogP contribution in [0.1, 0.15) is 0 Å². The van der Waals surface area contributed by atoms with Gasteiger partial charge in [-0.1, -0.05) is 18.2 Å². The molecule has 1 heterocycles. The summed E-state index contributed by atoms with van der Waals surface area (Å²) in [5, 5.41) is 19.2. The maximum absolute atomic E-state index is 11.3. The van der Waals surface area contributed by atoms with Gasteiger partial charge in [-0.05, 0) is 24.4 Å². The summed E-state index contributed by atoms with van der Waals surface area (Å²) < 4.78 is 22.7. The van der Waals surface area contributed by atoms with Crippen LogP contribution in [0, 0.1) is 0 Å². The average Bonchev–Trinajstić information content (AvgIpc) is 2.68. The number of thiocarbonyl (C=S) groups is 1. The van der Waals surface area contributed by atoms with E-state index in [1.807, 2.05) is 30.3 Å². The predicted molar refractivity (Wildman–Crippen MR) is 87.1 cm³/mol. The Balaban J connectivity index is 1.65. The molecule has 1 aromatic carbocycles. The third-order valence-electron chi connectivity index (χ3n) is 3.17. The topological polar surface area (TPSA) is 90.5 Å². The van der Waals surface area contributed by atoms with Crippen LogP contribution in [0.5, 0.6) is 0 Å². The molecular formula is C13H19N3O3S2. The number of benzene rings is 1. The third kappa shape index (κ3) is 5.24. The summed E-state index contributed by atoms with van der Waals surface area (Å²) in [7, 11) is -3.11. The summed E-state index contributed by atoms with van der Waals surface area (Å²) in [6.45, 7) is 1.07. The van der Waals surface area contributed by atoms with Gasteiger partial charge in [-0.15, -0.1) is 0 Å². The molecule has 2 rings (SSSR count). The van der Waals surface area contributed by atoms with Gasteiger partial charge in [0, 0.05) is 24.8 Å². The van der Waals surface area contributed by atoms with Crippen molar-refractivity contribution in [3.63, 3.8) is 0 Å². The van der Waals surface area contributed by atoms with Crippen LogP contribution in [0.25, 0.3) is 0 Å². The van der Waals surface area contributed by atoms with Crippen molar-refractivity contribution in [1.82, 2.24) is 10.6 Å². The van der Waals surface area contributed by atoms with Gasteiger partial charge in [0.05, 0.1) is 17.6 Å². The third-order valence-corrected chi connectivity index (χ3v) is 5.13. The second-order valence-corrected chi connectivity index (χ2v) is 7.51. The molecule has 21 heavy (non-hydrogen) atoms. The Bertz CT molecular complexity index is 578. The lowest BCUT2D eigenvalue weighted by Gasteiger charge is -2.16. The summed E-state index contributed by atoms with van der Waals surface area (Å²) >= 11 is 5.15. The number of nitrogens with one attached hydrogen (secondary N) is 3. The van der Waals surface area contributed by atoms with Crippen LogP contribution in [0.2, 0.25) is 0 Å².